The SMILES string of the molecule is C=C/C=C1/CCC2C(CCC3(C)C(C(C)=NCC(=C)N(C)CCNCCC)CCC23)C1(C)CCC. The molecule has 0 spiro atoms. The van der Waals surface area contributed by atoms with Gasteiger partial charge < -0.3 is 10.2 Å². The van der Waals surface area contributed by atoms with Crippen LogP contribution in [0.5, 0.6) is 0 Å². The van der Waals surface area contributed by atoms with Gasteiger partial charge in [0.1, 0.15) is 0 Å². The van der Waals surface area contributed by atoms with Crippen LogP contribution in [0.3, 0.4) is 0 Å². The number of nitrogens with one attached hydrogen (secondary N) is 1. The maximum absolute atomic E-state index is 5.14. The second kappa shape index (κ2) is 12.3. The molecule has 0 aromatic carbocycles. The Balaban J connectivity index is 1.68. The van der Waals surface area contributed by atoms with Gasteiger partial charge in [-0.05, 0) is 93.4 Å². The molecule has 0 radical (unpaired) electrons. The van der Waals surface area contributed by atoms with Crippen molar-refractivity contribution in [1.82, 2.24) is 10.2 Å². The molecular formula is C32H55N3. The zero-order valence-corrected chi connectivity index (χ0v) is 24.0. The third kappa shape index (κ3) is 5.81. The van der Waals surface area contributed by atoms with Crippen LogP contribution in [-0.2, 0) is 0 Å². The molecule has 0 amide bonds. The third-order valence-corrected chi connectivity index (χ3v) is 10.4. The molecule has 0 bridgehead atoms. The van der Waals surface area contributed by atoms with E-state index in [1.165, 1.54) is 63.5 Å². The fraction of sp³-hybridized carbons (Fsp3) is 0.781. The Labute approximate surface area is 217 Å². The molecule has 198 valence electrons. The number of allylic oxidation sites excluding steroid dienone is 3. The van der Waals surface area contributed by atoms with E-state index in [0.29, 0.717) is 16.7 Å². The summed E-state index contributed by atoms with van der Waals surface area (Å²) < 4.78 is 0. The van der Waals surface area contributed by atoms with Crippen molar-refractivity contribution in [2.24, 2.45) is 39.5 Å². The van der Waals surface area contributed by atoms with Crippen LogP contribution in [0, 0.1) is 34.5 Å². The number of hydrogen-bond acceptors (Lipinski definition) is 3. The van der Waals surface area contributed by atoms with E-state index < -0.39 is 0 Å². The highest BCUT2D eigenvalue weighted by Crippen LogP contribution is 2.66. The predicted molar refractivity (Wildman–Crippen MR) is 154 cm³/mol. The average molecular weight is 482 g/mol. The van der Waals surface area contributed by atoms with E-state index in [9.17, 15) is 0 Å². The van der Waals surface area contributed by atoms with Gasteiger partial charge in [0, 0.05) is 37.5 Å². The molecule has 6 atom stereocenters. The molecule has 1 N–H and O–H groups in total. The molecule has 0 heterocycles. The molecule has 0 saturated heterocycles. The molecule has 3 aliphatic carbocycles. The van der Waals surface area contributed by atoms with Crippen molar-refractivity contribution in [2.45, 2.75) is 92.4 Å². The van der Waals surface area contributed by atoms with Gasteiger partial charge in [-0.25, -0.2) is 0 Å². The second-order valence-electron chi connectivity index (χ2n) is 12.4. The summed E-state index contributed by atoms with van der Waals surface area (Å²) in [6, 6.07) is 0. The highest BCUT2D eigenvalue weighted by atomic mass is 15.1. The Hall–Kier alpha value is -1.35. The zero-order chi connectivity index (χ0) is 25.6. The van der Waals surface area contributed by atoms with Crippen molar-refractivity contribution in [2.75, 3.05) is 33.2 Å². The molecule has 3 saturated carbocycles. The molecule has 3 rings (SSSR count). The minimum absolute atomic E-state index is 0.364. The van der Waals surface area contributed by atoms with Crippen LogP contribution in [0.15, 0.2) is 41.6 Å². The van der Waals surface area contributed by atoms with Crippen molar-refractivity contribution in [3.05, 3.63) is 36.6 Å². The lowest BCUT2D eigenvalue weighted by Crippen LogP contribution is -2.50. The van der Waals surface area contributed by atoms with E-state index in [2.05, 4.69) is 71.1 Å². The molecule has 35 heavy (non-hydrogen) atoms. The highest BCUT2D eigenvalue weighted by Gasteiger charge is 2.58. The molecule has 3 heteroatoms. The fourth-order valence-electron chi connectivity index (χ4n) is 8.45. The van der Waals surface area contributed by atoms with Gasteiger partial charge in [-0.1, -0.05) is 65.0 Å². The summed E-state index contributed by atoms with van der Waals surface area (Å²) in [4.78, 5) is 7.41. The summed E-state index contributed by atoms with van der Waals surface area (Å²) in [5.74, 6) is 3.21. The van der Waals surface area contributed by atoms with E-state index in [1.54, 1.807) is 5.57 Å². The smallest absolute Gasteiger partial charge is 0.0781 e. The van der Waals surface area contributed by atoms with Crippen LogP contribution in [0.4, 0.5) is 0 Å². The molecule has 3 nitrogen and oxygen atoms in total. The Morgan fingerprint density at radius 3 is 2.57 bits per heavy atom. The predicted octanol–water partition coefficient (Wildman–Crippen LogP) is 7.66. The quantitative estimate of drug-likeness (QED) is 0.229. The second-order valence-corrected chi connectivity index (χ2v) is 12.4. The van der Waals surface area contributed by atoms with Gasteiger partial charge in [-0.15, -0.1) is 0 Å². The number of hydrogen-bond donors (Lipinski definition) is 1. The molecule has 0 aromatic rings. The fourth-order valence-corrected chi connectivity index (χ4v) is 8.45. The van der Waals surface area contributed by atoms with Gasteiger partial charge in [0.25, 0.3) is 0 Å². The molecule has 0 aromatic heterocycles. The van der Waals surface area contributed by atoms with Gasteiger partial charge in [-0.3, -0.25) is 4.99 Å². The van der Waals surface area contributed by atoms with Gasteiger partial charge in [0.15, 0.2) is 0 Å². The highest BCUT2D eigenvalue weighted by molar-refractivity contribution is 5.85. The monoisotopic (exact) mass is 481 g/mol. The van der Waals surface area contributed by atoms with Gasteiger partial charge in [0.05, 0.1) is 6.54 Å². The maximum Gasteiger partial charge on any atom is 0.0781 e. The average Bonchev–Trinajstić information content (AvgIpc) is 3.19. The normalized spacial score (nSPS) is 36.1. The van der Waals surface area contributed by atoms with E-state index >= 15 is 0 Å². The van der Waals surface area contributed by atoms with Crippen molar-refractivity contribution < 1.29 is 0 Å². The molecule has 0 aliphatic heterocycles. The molecular weight excluding hydrogens is 426 g/mol. The van der Waals surface area contributed by atoms with E-state index in [4.69, 9.17) is 4.99 Å². The summed E-state index contributed by atoms with van der Waals surface area (Å²) in [7, 11) is 2.15. The number of fused-ring (bicyclic) bond motifs is 3. The lowest BCUT2D eigenvalue weighted by atomic mass is 9.47. The van der Waals surface area contributed by atoms with Crippen molar-refractivity contribution in [1.29, 1.82) is 0 Å². The minimum atomic E-state index is 0.364. The van der Waals surface area contributed by atoms with Crippen LogP contribution < -0.4 is 5.32 Å². The zero-order valence-electron chi connectivity index (χ0n) is 24.0. The first-order valence-corrected chi connectivity index (χ1v) is 14.7. The lowest BCUT2D eigenvalue weighted by molar-refractivity contribution is -0.0408. The lowest BCUT2D eigenvalue weighted by Gasteiger charge is -2.57. The van der Waals surface area contributed by atoms with Crippen molar-refractivity contribution in [3.8, 4) is 0 Å². The van der Waals surface area contributed by atoms with Crippen molar-refractivity contribution >= 4 is 5.71 Å². The Kier molecular flexibility index (Phi) is 9.89. The standard InChI is InChI=1S/C32H55N3/c1-9-12-26-13-14-27-29-16-15-28(32(29,7)19-17-30(27)31(26,6)18-10-2)25(5)34-23-24(4)35(8)22-21-33-20-11-3/h9,12,27-30,33H,1,4,10-11,13-23H2,2-3,5-8H3/b26-12-,34-25?. The molecule has 6 unspecified atom stereocenters. The van der Waals surface area contributed by atoms with Crippen LogP contribution in [-0.4, -0.2) is 43.8 Å². The summed E-state index contributed by atoms with van der Waals surface area (Å²) in [6.07, 6.45) is 16.3. The number of likely N-dealkylation sites (N-methyl/N-ethyl adjacent to an activating group) is 1. The van der Waals surface area contributed by atoms with Crippen LogP contribution >= 0.6 is 0 Å². The first kappa shape index (κ1) is 28.2. The largest absolute Gasteiger partial charge is 0.376 e. The Bertz CT molecular complexity index is 795. The number of nitrogens with zero attached hydrogens (tertiary/aromatic N) is 2. The van der Waals surface area contributed by atoms with Gasteiger partial charge >= 0.3 is 0 Å². The maximum atomic E-state index is 5.14. The number of rotatable bonds is 12. The molecule has 3 aliphatic rings. The first-order chi connectivity index (χ1) is 16.7. The van der Waals surface area contributed by atoms with E-state index in [0.717, 1.165) is 49.6 Å². The topological polar surface area (TPSA) is 27.6 Å². The van der Waals surface area contributed by atoms with Crippen molar-refractivity contribution in [3.63, 3.8) is 0 Å². The van der Waals surface area contributed by atoms with E-state index in [1.807, 2.05) is 6.08 Å². The first-order valence-electron chi connectivity index (χ1n) is 14.7. The van der Waals surface area contributed by atoms with Gasteiger partial charge in [-0.2, -0.15) is 0 Å². The Morgan fingerprint density at radius 1 is 1.11 bits per heavy atom. The summed E-state index contributed by atoms with van der Waals surface area (Å²) in [6.45, 7) is 24.3. The van der Waals surface area contributed by atoms with Gasteiger partial charge in [0.2, 0.25) is 0 Å². The summed E-state index contributed by atoms with van der Waals surface area (Å²) in [5, 5.41) is 3.49. The summed E-state index contributed by atoms with van der Waals surface area (Å²) >= 11 is 0. The van der Waals surface area contributed by atoms with Crippen LogP contribution in [0.1, 0.15) is 92.4 Å². The van der Waals surface area contributed by atoms with E-state index in [-0.39, 0.29) is 0 Å². The molecule has 3 fully saturated rings. The van der Waals surface area contributed by atoms with Crippen LogP contribution in [0.2, 0.25) is 0 Å². The third-order valence-electron chi connectivity index (χ3n) is 10.4. The van der Waals surface area contributed by atoms with Crippen LogP contribution in [0.25, 0.3) is 0 Å². The summed E-state index contributed by atoms with van der Waals surface area (Å²) in [5.41, 5.74) is 4.97. The minimum Gasteiger partial charge on any atom is -0.376 e. The Morgan fingerprint density at radius 2 is 1.89 bits per heavy atom. The number of aliphatic imine (C=N–C) groups is 1.